The average Bonchev–Trinajstić information content (AvgIpc) is 3.57. The monoisotopic (exact) mass is 614 g/mol. The van der Waals surface area contributed by atoms with Gasteiger partial charge in [-0.15, -0.1) is 11.3 Å². The van der Waals surface area contributed by atoms with Gasteiger partial charge in [0.05, 0.1) is 34.8 Å². The summed E-state index contributed by atoms with van der Waals surface area (Å²) >= 11 is 13.7. The maximum absolute atomic E-state index is 11.5. The molecule has 0 saturated carbocycles. The highest BCUT2D eigenvalue weighted by Crippen LogP contribution is 2.50. The second-order valence-electron chi connectivity index (χ2n) is 10.9. The van der Waals surface area contributed by atoms with E-state index in [0.29, 0.717) is 45.4 Å². The van der Waals surface area contributed by atoms with Crippen LogP contribution in [0.15, 0.2) is 36.5 Å². The molecule has 0 spiro atoms. The summed E-state index contributed by atoms with van der Waals surface area (Å²) in [6.45, 7) is 5.79. The number of pyridine rings is 1. The number of hydrogen-bond acceptors (Lipinski definition) is 8. The van der Waals surface area contributed by atoms with Gasteiger partial charge in [-0.25, -0.2) is 14.8 Å². The van der Waals surface area contributed by atoms with E-state index in [4.69, 9.17) is 42.4 Å². The Balaban J connectivity index is 1.07. The smallest absolute Gasteiger partial charge is 0.346 e. The van der Waals surface area contributed by atoms with Gasteiger partial charge in [0, 0.05) is 25.3 Å². The maximum Gasteiger partial charge on any atom is 0.346 e. The van der Waals surface area contributed by atoms with Crippen molar-refractivity contribution < 1.29 is 24.1 Å². The highest BCUT2D eigenvalue weighted by molar-refractivity contribution is 7.20. The Hall–Kier alpha value is -2.89. The summed E-state index contributed by atoms with van der Waals surface area (Å²) < 4.78 is 20.5. The molecule has 0 bridgehead atoms. The van der Waals surface area contributed by atoms with Crippen LogP contribution in [0.1, 0.15) is 58.9 Å². The van der Waals surface area contributed by atoms with Crippen LogP contribution in [0.4, 0.5) is 0 Å². The van der Waals surface area contributed by atoms with E-state index in [0.717, 1.165) is 66.4 Å². The van der Waals surface area contributed by atoms with E-state index in [-0.39, 0.29) is 6.10 Å². The molecule has 7 rings (SSSR count). The summed E-state index contributed by atoms with van der Waals surface area (Å²) in [5.74, 6) is 0.629. The molecule has 1 N–H and O–H groups in total. The number of carboxylic acids is 1. The fourth-order valence-electron chi connectivity index (χ4n) is 5.94. The minimum atomic E-state index is -1.14. The number of carbonyl (C=O) groups is 1. The normalized spacial score (nSPS) is 22.8. The number of para-hydroxylation sites is 1. The first kappa shape index (κ1) is 27.0. The topological polar surface area (TPSA) is 98.9 Å². The molecule has 3 aliphatic heterocycles. The van der Waals surface area contributed by atoms with Crippen molar-refractivity contribution in [3.05, 3.63) is 68.5 Å². The van der Waals surface area contributed by atoms with Crippen LogP contribution in [0, 0.1) is 0 Å². The van der Waals surface area contributed by atoms with Gasteiger partial charge in [0.25, 0.3) is 5.79 Å². The molecule has 3 aromatic heterocycles. The zero-order chi connectivity index (χ0) is 28.3. The lowest BCUT2D eigenvalue weighted by molar-refractivity contribution is -0.0721. The van der Waals surface area contributed by atoms with E-state index in [1.165, 1.54) is 11.3 Å². The van der Waals surface area contributed by atoms with Crippen molar-refractivity contribution in [2.75, 3.05) is 19.7 Å². The Kier molecular flexibility index (Phi) is 6.86. The lowest BCUT2D eigenvalue weighted by Gasteiger charge is -2.33. The summed E-state index contributed by atoms with van der Waals surface area (Å²) in [6, 6.07) is 9.41. The third kappa shape index (κ3) is 4.95. The van der Waals surface area contributed by atoms with Crippen molar-refractivity contribution in [1.82, 2.24) is 19.4 Å². The van der Waals surface area contributed by atoms with Crippen LogP contribution in [-0.4, -0.2) is 56.3 Å². The Labute approximate surface area is 250 Å². The number of aromatic nitrogens is 3. The molecule has 0 amide bonds. The fraction of sp³-hybridized carbons (Fsp3) is 0.414. The van der Waals surface area contributed by atoms with Gasteiger partial charge in [0.2, 0.25) is 0 Å². The molecule has 2 saturated heterocycles. The van der Waals surface area contributed by atoms with Gasteiger partial charge >= 0.3 is 5.97 Å². The number of halogens is 2. The molecule has 41 heavy (non-hydrogen) atoms. The van der Waals surface area contributed by atoms with Crippen LogP contribution < -0.4 is 9.47 Å². The molecule has 1 aromatic carbocycles. The number of aromatic carboxylic acids is 1. The van der Waals surface area contributed by atoms with Crippen molar-refractivity contribution in [2.45, 2.75) is 57.1 Å². The van der Waals surface area contributed by atoms with Crippen LogP contribution in [0.2, 0.25) is 10.0 Å². The Morgan fingerprint density at radius 2 is 2.00 bits per heavy atom. The van der Waals surface area contributed by atoms with Crippen LogP contribution in [0.25, 0.3) is 10.3 Å². The predicted molar refractivity (Wildman–Crippen MR) is 155 cm³/mol. The van der Waals surface area contributed by atoms with Crippen LogP contribution in [-0.2, 0) is 23.6 Å². The fourth-order valence-corrected chi connectivity index (χ4v) is 7.38. The van der Waals surface area contributed by atoms with Gasteiger partial charge in [0.1, 0.15) is 21.2 Å². The molecular formula is C29H28Cl2N4O5S. The van der Waals surface area contributed by atoms with Gasteiger partial charge in [0.15, 0.2) is 11.5 Å². The summed E-state index contributed by atoms with van der Waals surface area (Å²) in [5.41, 5.74) is 2.49. The molecule has 9 nitrogen and oxygen atoms in total. The zero-order valence-corrected chi connectivity index (χ0v) is 24.6. The minimum absolute atomic E-state index is 0.149. The quantitative estimate of drug-likeness (QED) is 0.258. The van der Waals surface area contributed by atoms with Crippen molar-refractivity contribution in [2.24, 2.45) is 0 Å². The predicted octanol–water partition coefficient (Wildman–Crippen LogP) is 6.31. The molecule has 12 heteroatoms. The second-order valence-corrected chi connectivity index (χ2v) is 12.8. The van der Waals surface area contributed by atoms with Crippen LogP contribution in [0.5, 0.6) is 11.5 Å². The molecule has 6 heterocycles. The number of fused-ring (bicyclic) bond motifs is 2. The minimum Gasteiger partial charge on any atom is -0.477 e. The largest absolute Gasteiger partial charge is 0.477 e. The lowest BCUT2D eigenvalue weighted by atomic mass is 9.88. The third-order valence-electron chi connectivity index (χ3n) is 8.16. The van der Waals surface area contributed by atoms with Gasteiger partial charge in [-0.2, -0.15) is 0 Å². The van der Waals surface area contributed by atoms with E-state index < -0.39 is 11.8 Å². The third-order valence-corrected chi connectivity index (χ3v) is 9.66. The Morgan fingerprint density at radius 3 is 2.71 bits per heavy atom. The van der Waals surface area contributed by atoms with Crippen molar-refractivity contribution >= 4 is 50.9 Å². The molecule has 2 atom stereocenters. The first-order valence-corrected chi connectivity index (χ1v) is 15.2. The molecule has 0 aliphatic carbocycles. The number of piperidine rings is 1. The molecular weight excluding hydrogens is 587 g/mol. The lowest BCUT2D eigenvalue weighted by Crippen LogP contribution is -2.35. The molecule has 214 valence electrons. The van der Waals surface area contributed by atoms with E-state index >= 15 is 0 Å². The van der Waals surface area contributed by atoms with Gasteiger partial charge in [-0.1, -0.05) is 35.3 Å². The number of nitrogens with zero attached hydrogens (tertiary/aromatic N) is 4. The number of hydrogen-bond donors (Lipinski definition) is 1. The molecule has 0 radical (unpaired) electrons. The molecule has 3 aliphatic rings. The summed E-state index contributed by atoms with van der Waals surface area (Å²) in [7, 11) is 0. The second kappa shape index (κ2) is 10.4. The summed E-state index contributed by atoms with van der Waals surface area (Å²) in [6.07, 6.45) is 4.61. The standard InChI is InChI=1S/C29H28Cl2N4O5S/c1-29(26-20(31)11-17(30)13-32-26)39-22-4-2-3-19(25(22)40-29)16-5-8-34(9-6-16)15-24-33-27-21(12-23(41-27)28(36)37)35(24)14-18-7-10-38-18/h2-4,11-13,16,18H,5-10,14-15H2,1H3,(H,36,37). The first-order chi connectivity index (χ1) is 19.8. The first-order valence-electron chi connectivity index (χ1n) is 13.7. The van der Waals surface area contributed by atoms with Crippen molar-refractivity contribution in [1.29, 1.82) is 0 Å². The highest BCUT2D eigenvalue weighted by atomic mass is 35.5. The van der Waals surface area contributed by atoms with E-state index in [2.05, 4.69) is 20.5 Å². The van der Waals surface area contributed by atoms with E-state index in [1.807, 2.05) is 19.1 Å². The number of likely N-dealkylation sites (tertiary alicyclic amines) is 1. The van der Waals surface area contributed by atoms with Crippen LogP contribution in [0.3, 0.4) is 0 Å². The number of imidazole rings is 1. The van der Waals surface area contributed by atoms with Crippen molar-refractivity contribution in [3.8, 4) is 11.5 Å². The van der Waals surface area contributed by atoms with Gasteiger partial charge in [-0.05, 0) is 56.5 Å². The maximum atomic E-state index is 11.5. The Morgan fingerprint density at radius 1 is 1.20 bits per heavy atom. The SMILES string of the molecule is CC1(c2ncc(Cl)cc2Cl)Oc2cccc(C3CCN(Cc4nc5sc(C(=O)O)cc5n4CC4CCO4)CC3)c2O1. The van der Waals surface area contributed by atoms with Gasteiger partial charge < -0.3 is 23.9 Å². The van der Waals surface area contributed by atoms with E-state index in [9.17, 15) is 9.90 Å². The summed E-state index contributed by atoms with van der Waals surface area (Å²) in [4.78, 5) is 24.3. The highest BCUT2D eigenvalue weighted by Gasteiger charge is 2.43. The van der Waals surface area contributed by atoms with E-state index in [1.54, 1.807) is 18.3 Å². The molecule has 2 fully saturated rings. The summed E-state index contributed by atoms with van der Waals surface area (Å²) in [5, 5.41) is 10.3. The van der Waals surface area contributed by atoms with Crippen LogP contribution >= 0.6 is 34.5 Å². The number of carboxylic acid groups (broad SMARTS) is 1. The van der Waals surface area contributed by atoms with Crippen molar-refractivity contribution in [3.63, 3.8) is 0 Å². The average molecular weight is 616 g/mol. The number of thiophene rings is 1. The number of rotatable bonds is 7. The molecule has 4 aromatic rings. The zero-order valence-electron chi connectivity index (χ0n) is 22.3. The molecule has 2 unspecified atom stereocenters. The van der Waals surface area contributed by atoms with Gasteiger partial charge in [-0.3, -0.25) is 4.90 Å². The number of ether oxygens (including phenoxy) is 3. The number of benzene rings is 1. The Bertz CT molecular complexity index is 1650.